The van der Waals surface area contributed by atoms with Crippen LogP contribution in [0.25, 0.3) is 6.08 Å². The molecule has 0 saturated carbocycles. The van der Waals surface area contributed by atoms with Crippen LogP contribution in [0.3, 0.4) is 0 Å². The molecule has 3 amide bonds. The normalized spacial score (nSPS) is 15.4. The van der Waals surface area contributed by atoms with Gasteiger partial charge in [-0.15, -0.1) is 0 Å². The largest absolute Gasteiger partial charge is 0.352 e. The van der Waals surface area contributed by atoms with Crippen LogP contribution in [0.2, 0.25) is 0 Å². The zero-order chi connectivity index (χ0) is 20.1. The summed E-state index contributed by atoms with van der Waals surface area (Å²) < 4.78 is 0. The van der Waals surface area contributed by atoms with Gasteiger partial charge in [0.15, 0.2) is 0 Å². The molecule has 0 spiro atoms. The molecule has 0 aromatic heterocycles. The van der Waals surface area contributed by atoms with Gasteiger partial charge in [-0.3, -0.25) is 19.3 Å². The Morgan fingerprint density at radius 2 is 1.82 bits per heavy atom. The van der Waals surface area contributed by atoms with Crippen molar-refractivity contribution in [2.45, 2.75) is 26.8 Å². The fourth-order valence-electron chi connectivity index (χ4n) is 2.81. The maximum absolute atomic E-state index is 12.5. The fraction of sp³-hybridized carbons (Fsp3) is 0.227. The van der Waals surface area contributed by atoms with Crippen LogP contribution >= 0.6 is 11.8 Å². The van der Waals surface area contributed by atoms with E-state index in [1.54, 1.807) is 6.08 Å². The number of rotatable bonds is 6. The second-order valence-electron chi connectivity index (χ2n) is 6.76. The van der Waals surface area contributed by atoms with Gasteiger partial charge in [-0.2, -0.15) is 0 Å². The summed E-state index contributed by atoms with van der Waals surface area (Å²) in [6, 6.07) is 15.6. The first-order chi connectivity index (χ1) is 13.4. The van der Waals surface area contributed by atoms with Crippen molar-refractivity contribution in [1.82, 2.24) is 10.2 Å². The van der Waals surface area contributed by atoms with Gasteiger partial charge in [-0.05, 0) is 42.8 Å². The van der Waals surface area contributed by atoms with Gasteiger partial charge >= 0.3 is 0 Å². The van der Waals surface area contributed by atoms with Crippen molar-refractivity contribution in [3.05, 3.63) is 75.7 Å². The highest BCUT2D eigenvalue weighted by molar-refractivity contribution is 8.18. The van der Waals surface area contributed by atoms with Crippen molar-refractivity contribution < 1.29 is 14.4 Å². The van der Waals surface area contributed by atoms with E-state index < -0.39 is 0 Å². The molecule has 0 radical (unpaired) electrons. The van der Waals surface area contributed by atoms with Gasteiger partial charge in [0, 0.05) is 19.5 Å². The Bertz CT molecular complexity index is 935. The van der Waals surface area contributed by atoms with Gasteiger partial charge in [0.05, 0.1) is 4.91 Å². The second-order valence-corrected chi connectivity index (χ2v) is 7.75. The molecule has 2 aromatic rings. The predicted octanol–water partition coefficient (Wildman–Crippen LogP) is 4.05. The van der Waals surface area contributed by atoms with Crippen LogP contribution in [0.4, 0.5) is 4.79 Å². The van der Waals surface area contributed by atoms with Crippen molar-refractivity contribution >= 4 is 34.9 Å². The topological polar surface area (TPSA) is 66.5 Å². The third-order valence-electron chi connectivity index (χ3n) is 4.39. The number of thioether (sulfide) groups is 1. The average Bonchev–Trinajstić information content (AvgIpc) is 2.92. The number of aryl methyl sites for hydroxylation is 2. The minimum absolute atomic E-state index is 0.0789. The minimum atomic E-state index is -0.345. The Morgan fingerprint density at radius 1 is 1.07 bits per heavy atom. The van der Waals surface area contributed by atoms with E-state index >= 15 is 0 Å². The lowest BCUT2D eigenvalue weighted by Gasteiger charge is -2.12. The molecule has 1 aliphatic rings. The summed E-state index contributed by atoms with van der Waals surface area (Å²) in [6.07, 6.45) is 1.80. The van der Waals surface area contributed by atoms with Gasteiger partial charge in [0.2, 0.25) is 5.91 Å². The standard InChI is InChI=1S/C22H22N2O3S/c1-15-6-8-17(9-7-15)14-23-20(25)10-11-24-21(26)19(28-22(24)27)13-18-5-3-4-16(2)12-18/h3-9,12-13H,10-11,14H2,1-2H3,(H,23,25). The molecule has 2 aromatic carbocycles. The monoisotopic (exact) mass is 394 g/mol. The Kier molecular flexibility index (Phi) is 6.31. The Balaban J connectivity index is 1.54. The lowest BCUT2D eigenvalue weighted by molar-refractivity contribution is -0.124. The third kappa shape index (κ3) is 5.10. The molecule has 0 atom stereocenters. The maximum Gasteiger partial charge on any atom is 0.293 e. The van der Waals surface area contributed by atoms with Crippen molar-refractivity contribution in [1.29, 1.82) is 0 Å². The first kappa shape index (κ1) is 19.9. The van der Waals surface area contributed by atoms with Crippen molar-refractivity contribution in [2.24, 2.45) is 0 Å². The van der Waals surface area contributed by atoms with Gasteiger partial charge < -0.3 is 5.32 Å². The number of hydrogen-bond donors (Lipinski definition) is 1. The minimum Gasteiger partial charge on any atom is -0.352 e. The summed E-state index contributed by atoms with van der Waals surface area (Å²) in [5.41, 5.74) is 4.12. The summed E-state index contributed by atoms with van der Waals surface area (Å²) >= 11 is 0.913. The fourth-order valence-corrected chi connectivity index (χ4v) is 3.68. The van der Waals surface area contributed by atoms with Crippen molar-refractivity contribution in [2.75, 3.05) is 6.54 Å². The van der Waals surface area contributed by atoms with E-state index in [1.165, 1.54) is 0 Å². The molecule has 5 nitrogen and oxygen atoms in total. The van der Waals surface area contributed by atoms with Gasteiger partial charge in [0.1, 0.15) is 0 Å². The molecule has 6 heteroatoms. The number of carbonyl (C=O) groups is 3. The summed E-state index contributed by atoms with van der Waals surface area (Å²) in [5, 5.41) is 2.48. The van der Waals surface area contributed by atoms with E-state index in [1.807, 2.05) is 62.4 Å². The summed E-state index contributed by atoms with van der Waals surface area (Å²) in [4.78, 5) is 38.3. The lowest BCUT2D eigenvalue weighted by atomic mass is 10.1. The highest BCUT2D eigenvalue weighted by Crippen LogP contribution is 2.32. The van der Waals surface area contributed by atoms with E-state index in [0.29, 0.717) is 11.4 Å². The van der Waals surface area contributed by atoms with Gasteiger partial charge in [-0.25, -0.2) is 0 Å². The highest BCUT2D eigenvalue weighted by Gasteiger charge is 2.34. The quantitative estimate of drug-likeness (QED) is 0.751. The number of nitrogens with one attached hydrogen (secondary N) is 1. The predicted molar refractivity (Wildman–Crippen MR) is 111 cm³/mol. The van der Waals surface area contributed by atoms with Gasteiger partial charge in [0.25, 0.3) is 11.1 Å². The SMILES string of the molecule is Cc1ccc(CNC(=O)CCN2C(=O)SC(=Cc3cccc(C)c3)C2=O)cc1. The van der Waals surface area contributed by atoms with Crippen LogP contribution in [-0.4, -0.2) is 28.5 Å². The van der Waals surface area contributed by atoms with Crippen LogP contribution in [0, 0.1) is 13.8 Å². The van der Waals surface area contributed by atoms with Crippen molar-refractivity contribution in [3.8, 4) is 0 Å². The second kappa shape index (κ2) is 8.89. The summed E-state index contributed by atoms with van der Waals surface area (Å²) in [7, 11) is 0. The van der Waals surface area contributed by atoms with Crippen LogP contribution in [0.5, 0.6) is 0 Å². The first-order valence-electron chi connectivity index (χ1n) is 9.06. The zero-order valence-corrected chi connectivity index (χ0v) is 16.7. The molecular formula is C22H22N2O3S. The number of nitrogens with zero attached hydrogens (tertiary/aromatic N) is 1. The van der Waals surface area contributed by atoms with Crippen LogP contribution < -0.4 is 5.32 Å². The number of amides is 3. The molecule has 28 heavy (non-hydrogen) atoms. The molecule has 1 saturated heterocycles. The zero-order valence-electron chi connectivity index (χ0n) is 15.9. The molecular weight excluding hydrogens is 372 g/mol. The molecule has 0 unspecified atom stereocenters. The van der Waals surface area contributed by atoms with Crippen LogP contribution in [0.15, 0.2) is 53.4 Å². The Morgan fingerprint density at radius 3 is 2.54 bits per heavy atom. The average molecular weight is 394 g/mol. The number of imide groups is 1. The molecule has 1 aliphatic heterocycles. The van der Waals surface area contributed by atoms with E-state index in [2.05, 4.69) is 5.32 Å². The van der Waals surface area contributed by atoms with Crippen LogP contribution in [-0.2, 0) is 16.1 Å². The molecule has 1 N–H and O–H groups in total. The van der Waals surface area contributed by atoms with E-state index in [9.17, 15) is 14.4 Å². The van der Waals surface area contributed by atoms with E-state index in [0.717, 1.165) is 38.9 Å². The van der Waals surface area contributed by atoms with Gasteiger partial charge in [-0.1, -0.05) is 59.7 Å². The molecule has 1 heterocycles. The van der Waals surface area contributed by atoms with Crippen LogP contribution in [0.1, 0.15) is 28.7 Å². The molecule has 3 rings (SSSR count). The number of hydrogen-bond acceptors (Lipinski definition) is 4. The molecule has 144 valence electrons. The lowest BCUT2D eigenvalue weighted by Crippen LogP contribution is -2.33. The smallest absolute Gasteiger partial charge is 0.293 e. The molecule has 0 aliphatic carbocycles. The van der Waals surface area contributed by atoms with Crippen molar-refractivity contribution in [3.63, 3.8) is 0 Å². The summed E-state index contributed by atoms with van der Waals surface area (Å²) in [6.45, 7) is 4.48. The number of benzene rings is 2. The highest BCUT2D eigenvalue weighted by atomic mass is 32.2. The molecule has 0 bridgehead atoms. The first-order valence-corrected chi connectivity index (χ1v) is 9.88. The van der Waals surface area contributed by atoms with E-state index in [4.69, 9.17) is 0 Å². The third-order valence-corrected chi connectivity index (χ3v) is 5.29. The number of carbonyl (C=O) groups excluding carboxylic acids is 3. The summed E-state index contributed by atoms with van der Waals surface area (Å²) in [5.74, 6) is -0.537. The maximum atomic E-state index is 12.5. The van der Waals surface area contributed by atoms with E-state index in [-0.39, 0.29) is 30.0 Å². The molecule has 1 fully saturated rings. The Labute approximate surface area is 168 Å². The Hall–Kier alpha value is -2.86.